The lowest BCUT2D eigenvalue weighted by Gasteiger charge is -2.33. The number of hydrogen-bond acceptors (Lipinski definition) is 7. The van der Waals surface area contributed by atoms with Gasteiger partial charge in [0.2, 0.25) is 11.8 Å². The van der Waals surface area contributed by atoms with Gasteiger partial charge < -0.3 is 24.6 Å². The molecule has 3 unspecified atom stereocenters. The Morgan fingerprint density at radius 3 is 1.25 bits per heavy atom. The van der Waals surface area contributed by atoms with Gasteiger partial charge in [-0.05, 0) is 89.1 Å². The molecule has 0 saturated carbocycles. The molecule has 0 aromatic rings. The van der Waals surface area contributed by atoms with Gasteiger partial charge in [0.15, 0.2) is 0 Å². The largest absolute Gasteiger partial charge is 0.465 e. The van der Waals surface area contributed by atoms with Crippen molar-refractivity contribution in [1.82, 2.24) is 15.1 Å². The van der Waals surface area contributed by atoms with Gasteiger partial charge in [-0.2, -0.15) is 0 Å². The molecule has 0 aliphatic carbocycles. The van der Waals surface area contributed by atoms with Gasteiger partial charge in [-0.3, -0.25) is 19.2 Å². The molecule has 3 atom stereocenters. The van der Waals surface area contributed by atoms with E-state index in [2.05, 4.69) is 58.7 Å². The highest BCUT2D eigenvalue weighted by atomic mass is 16.5. The Balaban J connectivity index is 5.22. The summed E-state index contributed by atoms with van der Waals surface area (Å²) in [5.41, 5.74) is 0. The summed E-state index contributed by atoms with van der Waals surface area (Å²) in [5.74, 6) is 0.941. The number of rotatable bonds is 51. The number of carbonyl (C=O) groups excluding carboxylic acids is 4. The highest BCUT2D eigenvalue weighted by Crippen LogP contribution is 2.21. The van der Waals surface area contributed by atoms with E-state index in [1.54, 1.807) is 0 Å². The van der Waals surface area contributed by atoms with Crippen LogP contribution in [0.25, 0.3) is 0 Å². The molecule has 0 spiro atoms. The second-order valence-corrected chi connectivity index (χ2v) is 20.2. The fraction of sp³-hybridized carbons (Fsp3) is 0.931. The standard InChI is InChI=1S/C58H113N3O6/c1-8-15-20-23-30-37-47-59-58(65)54(46-49-60(13-6)14-7)61(48-38-31-25-24-28-35-44-56(63)66-50-52(39-18-11-4)41-32-21-16-9-2)55(62)43-34-27-26-29-36-45-57(64)67-51-53(40-19-12-5)42-33-22-17-10-3/h52-54H,8-51H2,1-7H3,(H,59,65). The van der Waals surface area contributed by atoms with Crippen molar-refractivity contribution < 1.29 is 28.7 Å². The number of esters is 2. The van der Waals surface area contributed by atoms with E-state index >= 15 is 0 Å². The number of carbonyl (C=O) groups is 4. The molecular formula is C58H113N3O6. The van der Waals surface area contributed by atoms with E-state index in [1.807, 2.05) is 4.90 Å². The van der Waals surface area contributed by atoms with Gasteiger partial charge in [0.1, 0.15) is 6.04 Å². The predicted octanol–water partition coefficient (Wildman–Crippen LogP) is 15.5. The van der Waals surface area contributed by atoms with E-state index in [0.717, 1.165) is 129 Å². The van der Waals surface area contributed by atoms with E-state index in [9.17, 15) is 19.2 Å². The SMILES string of the molecule is CCCCCCCCNC(=O)C(CCN(CC)CC)N(CCCCCCCCC(=O)OCC(CCCC)CCCCCC)C(=O)CCCCCCCC(=O)OCC(CCCC)CCCCCC. The molecule has 0 rings (SSSR count). The molecule has 0 fully saturated rings. The maximum atomic E-state index is 14.1. The Morgan fingerprint density at radius 2 is 0.791 bits per heavy atom. The smallest absolute Gasteiger partial charge is 0.305 e. The maximum absolute atomic E-state index is 14.1. The van der Waals surface area contributed by atoms with Gasteiger partial charge in [-0.1, -0.05) is 203 Å². The first kappa shape index (κ1) is 64.8. The summed E-state index contributed by atoms with van der Waals surface area (Å²) < 4.78 is 11.5. The van der Waals surface area contributed by atoms with Crippen LogP contribution in [0.2, 0.25) is 0 Å². The third-order valence-electron chi connectivity index (χ3n) is 14.1. The third-order valence-corrected chi connectivity index (χ3v) is 14.1. The van der Waals surface area contributed by atoms with Crippen LogP contribution in [0.15, 0.2) is 0 Å². The van der Waals surface area contributed by atoms with Gasteiger partial charge >= 0.3 is 11.9 Å². The molecule has 0 radical (unpaired) electrons. The lowest BCUT2D eigenvalue weighted by atomic mass is 9.96. The van der Waals surface area contributed by atoms with Crippen molar-refractivity contribution in [2.75, 3.05) is 45.9 Å². The van der Waals surface area contributed by atoms with Crippen LogP contribution < -0.4 is 5.32 Å². The molecular weight excluding hydrogens is 835 g/mol. The molecule has 0 heterocycles. The second-order valence-electron chi connectivity index (χ2n) is 20.2. The lowest BCUT2D eigenvalue weighted by Crippen LogP contribution is -2.51. The highest BCUT2D eigenvalue weighted by molar-refractivity contribution is 5.87. The van der Waals surface area contributed by atoms with Crippen molar-refractivity contribution in [3.05, 3.63) is 0 Å². The van der Waals surface area contributed by atoms with Crippen molar-refractivity contribution in [3.8, 4) is 0 Å². The van der Waals surface area contributed by atoms with E-state index in [0.29, 0.717) is 63.8 Å². The third kappa shape index (κ3) is 39.3. The first-order valence-corrected chi connectivity index (χ1v) is 29.3. The van der Waals surface area contributed by atoms with Crippen molar-refractivity contribution in [3.63, 3.8) is 0 Å². The molecule has 0 aromatic heterocycles. The second kappa shape index (κ2) is 48.8. The predicted molar refractivity (Wildman–Crippen MR) is 284 cm³/mol. The molecule has 396 valence electrons. The van der Waals surface area contributed by atoms with E-state index in [4.69, 9.17) is 9.47 Å². The monoisotopic (exact) mass is 948 g/mol. The van der Waals surface area contributed by atoms with Crippen LogP contribution in [0.5, 0.6) is 0 Å². The average molecular weight is 949 g/mol. The van der Waals surface area contributed by atoms with Crippen LogP contribution in [0.1, 0.15) is 286 Å². The lowest BCUT2D eigenvalue weighted by molar-refractivity contribution is -0.146. The number of nitrogens with zero attached hydrogens (tertiary/aromatic N) is 2. The van der Waals surface area contributed by atoms with E-state index in [-0.39, 0.29) is 23.8 Å². The first-order chi connectivity index (χ1) is 32.7. The van der Waals surface area contributed by atoms with Gasteiger partial charge in [-0.25, -0.2) is 0 Å². The molecule has 67 heavy (non-hydrogen) atoms. The molecule has 0 aliphatic rings. The normalized spacial score (nSPS) is 12.8. The Bertz CT molecular complexity index is 1130. The van der Waals surface area contributed by atoms with Crippen LogP contribution in [0.4, 0.5) is 0 Å². The minimum Gasteiger partial charge on any atom is -0.465 e. The number of ether oxygens (including phenoxy) is 2. The van der Waals surface area contributed by atoms with Crippen molar-refractivity contribution in [1.29, 1.82) is 0 Å². The van der Waals surface area contributed by atoms with Crippen molar-refractivity contribution >= 4 is 23.8 Å². The summed E-state index contributed by atoms with van der Waals surface area (Å²) in [6.07, 6.45) is 38.8. The number of hydrogen-bond donors (Lipinski definition) is 1. The number of amides is 2. The Hall–Kier alpha value is -2.16. The van der Waals surface area contributed by atoms with Crippen molar-refractivity contribution in [2.45, 2.75) is 292 Å². The molecule has 0 bridgehead atoms. The minimum absolute atomic E-state index is 0.00538. The summed E-state index contributed by atoms with van der Waals surface area (Å²) in [6, 6.07) is -0.471. The van der Waals surface area contributed by atoms with Gasteiger partial charge in [0, 0.05) is 38.9 Å². The summed E-state index contributed by atoms with van der Waals surface area (Å²) in [6.45, 7) is 20.5. The molecule has 9 heteroatoms. The molecule has 0 aliphatic heterocycles. The quantitative estimate of drug-likeness (QED) is 0.0478. The fourth-order valence-corrected chi connectivity index (χ4v) is 9.33. The molecule has 0 aromatic carbocycles. The zero-order valence-corrected chi connectivity index (χ0v) is 45.7. The fourth-order valence-electron chi connectivity index (χ4n) is 9.33. The zero-order valence-electron chi connectivity index (χ0n) is 45.7. The molecule has 2 amide bonds. The Labute approximate surface area is 415 Å². The zero-order chi connectivity index (χ0) is 49.4. The summed E-state index contributed by atoms with van der Waals surface area (Å²) in [7, 11) is 0. The molecule has 9 nitrogen and oxygen atoms in total. The maximum Gasteiger partial charge on any atom is 0.305 e. The minimum atomic E-state index is -0.471. The van der Waals surface area contributed by atoms with Crippen LogP contribution in [-0.4, -0.2) is 85.5 Å². The van der Waals surface area contributed by atoms with E-state index in [1.165, 1.54) is 103 Å². The van der Waals surface area contributed by atoms with Gasteiger partial charge in [0.05, 0.1) is 13.2 Å². The summed E-state index contributed by atoms with van der Waals surface area (Å²) >= 11 is 0. The van der Waals surface area contributed by atoms with Gasteiger partial charge in [0.25, 0.3) is 0 Å². The Kier molecular flexibility index (Phi) is 47.3. The van der Waals surface area contributed by atoms with Crippen LogP contribution >= 0.6 is 0 Å². The van der Waals surface area contributed by atoms with Crippen LogP contribution in [0, 0.1) is 11.8 Å². The van der Waals surface area contributed by atoms with Crippen LogP contribution in [-0.2, 0) is 28.7 Å². The average Bonchev–Trinajstić information content (AvgIpc) is 3.33. The molecule has 0 saturated heterocycles. The summed E-state index contributed by atoms with van der Waals surface area (Å²) in [4.78, 5) is 57.6. The Morgan fingerprint density at radius 1 is 0.403 bits per heavy atom. The molecule has 1 N–H and O–H groups in total. The number of nitrogens with one attached hydrogen (secondary N) is 1. The van der Waals surface area contributed by atoms with E-state index < -0.39 is 6.04 Å². The van der Waals surface area contributed by atoms with Gasteiger partial charge in [-0.15, -0.1) is 0 Å². The summed E-state index contributed by atoms with van der Waals surface area (Å²) in [5, 5.41) is 3.25. The highest BCUT2D eigenvalue weighted by Gasteiger charge is 2.29. The topological polar surface area (TPSA) is 105 Å². The van der Waals surface area contributed by atoms with Crippen LogP contribution in [0.3, 0.4) is 0 Å². The number of unbranched alkanes of at least 4 members (excludes halogenated alkanes) is 22. The van der Waals surface area contributed by atoms with Crippen molar-refractivity contribution in [2.24, 2.45) is 11.8 Å². The first-order valence-electron chi connectivity index (χ1n) is 29.3.